The molecule has 1 aromatic rings. The van der Waals surface area contributed by atoms with Crippen LogP contribution in [0.2, 0.25) is 0 Å². The van der Waals surface area contributed by atoms with Gasteiger partial charge in [0.15, 0.2) is 0 Å². The van der Waals surface area contributed by atoms with Gasteiger partial charge in [0.05, 0.1) is 13.0 Å². The van der Waals surface area contributed by atoms with Crippen molar-refractivity contribution >= 4 is 5.97 Å². The first-order chi connectivity index (χ1) is 9.20. The molecule has 0 radical (unpaired) electrons. The van der Waals surface area contributed by atoms with Gasteiger partial charge in [-0.15, -0.1) is 0 Å². The maximum Gasteiger partial charge on any atom is 0.307 e. The Balaban J connectivity index is 1.90. The summed E-state index contributed by atoms with van der Waals surface area (Å²) in [4.78, 5) is 13.9. The molecule has 1 saturated heterocycles. The summed E-state index contributed by atoms with van der Waals surface area (Å²) in [6, 6.07) is 11.0. The molecule has 0 saturated carbocycles. The predicted molar refractivity (Wildman–Crippen MR) is 76.1 cm³/mol. The van der Waals surface area contributed by atoms with E-state index in [1.807, 2.05) is 6.92 Å². The first-order valence-corrected chi connectivity index (χ1v) is 7.11. The number of nitrogens with zero attached hydrogens (tertiary/aromatic N) is 1. The second-order valence-electron chi connectivity index (χ2n) is 5.29. The number of likely N-dealkylation sites (N-methyl/N-ethyl adjacent to an activating group) is 1. The van der Waals surface area contributed by atoms with Crippen LogP contribution >= 0.6 is 0 Å². The number of piperidine rings is 1. The van der Waals surface area contributed by atoms with Gasteiger partial charge < -0.3 is 9.64 Å². The van der Waals surface area contributed by atoms with Crippen molar-refractivity contribution in [2.24, 2.45) is 0 Å². The second-order valence-corrected chi connectivity index (χ2v) is 5.29. The lowest BCUT2D eigenvalue weighted by Gasteiger charge is -2.37. The minimum atomic E-state index is -0.0717. The number of ether oxygens (including phenoxy) is 1. The Kier molecular flexibility index (Phi) is 4.97. The second kappa shape index (κ2) is 6.71. The standard InChI is InChI=1S/C16H23NO2/c1-3-19-16(18)11-15-10-9-14(12-17(15)2)13-7-5-4-6-8-13/h4-8,14-15H,3,9-12H2,1-2H3/t14-,15-/m1/s1. The number of esters is 1. The molecular weight excluding hydrogens is 238 g/mol. The Labute approximate surface area is 115 Å². The molecule has 1 heterocycles. The third-order valence-corrected chi connectivity index (χ3v) is 3.96. The van der Waals surface area contributed by atoms with Gasteiger partial charge in [-0.1, -0.05) is 30.3 Å². The van der Waals surface area contributed by atoms with Crippen LogP contribution in [0, 0.1) is 0 Å². The average Bonchev–Trinajstić information content (AvgIpc) is 2.42. The zero-order valence-electron chi connectivity index (χ0n) is 11.8. The highest BCUT2D eigenvalue weighted by Gasteiger charge is 2.28. The predicted octanol–water partition coefficient (Wildman–Crippen LogP) is 2.82. The van der Waals surface area contributed by atoms with E-state index >= 15 is 0 Å². The summed E-state index contributed by atoms with van der Waals surface area (Å²) in [5.41, 5.74) is 1.41. The van der Waals surface area contributed by atoms with Crippen LogP contribution in [-0.4, -0.2) is 37.1 Å². The van der Waals surface area contributed by atoms with Crippen molar-refractivity contribution in [1.82, 2.24) is 4.90 Å². The molecule has 0 amide bonds. The van der Waals surface area contributed by atoms with E-state index in [2.05, 4.69) is 42.3 Å². The van der Waals surface area contributed by atoms with Gasteiger partial charge in [-0.05, 0) is 38.3 Å². The molecule has 0 N–H and O–H groups in total. The monoisotopic (exact) mass is 261 g/mol. The summed E-state index contributed by atoms with van der Waals surface area (Å²) in [7, 11) is 2.11. The molecule has 2 rings (SSSR count). The Bertz CT molecular complexity index is 404. The zero-order chi connectivity index (χ0) is 13.7. The molecule has 1 aromatic carbocycles. The van der Waals surface area contributed by atoms with E-state index in [1.54, 1.807) is 0 Å². The van der Waals surface area contributed by atoms with Crippen LogP contribution in [0.25, 0.3) is 0 Å². The fraction of sp³-hybridized carbons (Fsp3) is 0.562. The SMILES string of the molecule is CCOC(=O)C[C@H]1CC[C@@H](c2ccccc2)CN1C. The van der Waals surface area contributed by atoms with E-state index in [4.69, 9.17) is 4.74 Å². The van der Waals surface area contributed by atoms with Gasteiger partial charge in [-0.3, -0.25) is 4.79 Å². The van der Waals surface area contributed by atoms with Crippen molar-refractivity contribution in [1.29, 1.82) is 0 Å². The smallest absolute Gasteiger partial charge is 0.307 e. The first-order valence-electron chi connectivity index (χ1n) is 7.11. The topological polar surface area (TPSA) is 29.5 Å². The van der Waals surface area contributed by atoms with Crippen LogP contribution in [-0.2, 0) is 9.53 Å². The zero-order valence-corrected chi connectivity index (χ0v) is 11.8. The summed E-state index contributed by atoms with van der Waals surface area (Å²) in [6.45, 7) is 3.35. The number of likely N-dealkylation sites (tertiary alicyclic amines) is 1. The summed E-state index contributed by atoms with van der Waals surface area (Å²) in [5.74, 6) is 0.516. The third-order valence-electron chi connectivity index (χ3n) is 3.96. The van der Waals surface area contributed by atoms with Crippen LogP contribution in [0.1, 0.15) is 37.7 Å². The lowest BCUT2D eigenvalue weighted by Crippen LogP contribution is -2.41. The summed E-state index contributed by atoms with van der Waals surface area (Å²) in [6.07, 6.45) is 2.74. The molecule has 3 heteroatoms. The normalized spacial score (nSPS) is 24.1. The Morgan fingerprint density at radius 3 is 2.68 bits per heavy atom. The fourth-order valence-electron chi connectivity index (χ4n) is 2.87. The molecule has 19 heavy (non-hydrogen) atoms. The quantitative estimate of drug-likeness (QED) is 0.781. The van der Waals surface area contributed by atoms with Crippen LogP contribution in [0.4, 0.5) is 0 Å². The number of hydrogen-bond acceptors (Lipinski definition) is 3. The molecule has 1 aliphatic heterocycles. The van der Waals surface area contributed by atoms with Crippen molar-refractivity contribution in [3.05, 3.63) is 35.9 Å². The molecule has 104 valence electrons. The number of benzene rings is 1. The maximum atomic E-state index is 11.6. The van der Waals surface area contributed by atoms with Gasteiger partial charge in [0, 0.05) is 12.6 Å². The van der Waals surface area contributed by atoms with E-state index in [-0.39, 0.29) is 5.97 Å². The van der Waals surface area contributed by atoms with Crippen LogP contribution in [0.3, 0.4) is 0 Å². The van der Waals surface area contributed by atoms with Crippen LogP contribution in [0.5, 0.6) is 0 Å². The lowest BCUT2D eigenvalue weighted by atomic mass is 9.87. The molecule has 2 atom stereocenters. The largest absolute Gasteiger partial charge is 0.466 e. The van der Waals surface area contributed by atoms with Crippen molar-refractivity contribution in [2.45, 2.75) is 38.1 Å². The van der Waals surface area contributed by atoms with E-state index in [9.17, 15) is 4.79 Å². The number of carbonyl (C=O) groups is 1. The Hall–Kier alpha value is -1.35. The van der Waals surface area contributed by atoms with Crippen LogP contribution in [0.15, 0.2) is 30.3 Å². The lowest BCUT2D eigenvalue weighted by molar-refractivity contribution is -0.144. The van der Waals surface area contributed by atoms with Gasteiger partial charge in [-0.25, -0.2) is 0 Å². The van der Waals surface area contributed by atoms with Crippen LogP contribution < -0.4 is 0 Å². The highest BCUT2D eigenvalue weighted by molar-refractivity contribution is 5.70. The van der Waals surface area contributed by atoms with Gasteiger partial charge in [0.25, 0.3) is 0 Å². The molecule has 1 aliphatic rings. The first kappa shape index (κ1) is 14.1. The molecule has 0 unspecified atom stereocenters. The van der Waals surface area contributed by atoms with Gasteiger partial charge in [0.1, 0.15) is 0 Å². The number of rotatable bonds is 4. The highest BCUT2D eigenvalue weighted by atomic mass is 16.5. The van der Waals surface area contributed by atoms with E-state index < -0.39 is 0 Å². The van der Waals surface area contributed by atoms with Gasteiger partial charge >= 0.3 is 5.97 Å². The third kappa shape index (κ3) is 3.80. The minimum Gasteiger partial charge on any atom is -0.466 e. The summed E-state index contributed by atoms with van der Waals surface area (Å²) < 4.78 is 5.04. The van der Waals surface area contributed by atoms with E-state index in [0.29, 0.717) is 25.0 Å². The fourth-order valence-corrected chi connectivity index (χ4v) is 2.87. The number of hydrogen-bond donors (Lipinski definition) is 0. The summed E-state index contributed by atoms with van der Waals surface area (Å²) >= 11 is 0. The summed E-state index contributed by atoms with van der Waals surface area (Å²) in [5, 5.41) is 0. The number of carbonyl (C=O) groups excluding carboxylic acids is 1. The molecule has 3 nitrogen and oxygen atoms in total. The molecular formula is C16H23NO2. The van der Waals surface area contributed by atoms with Gasteiger partial charge in [-0.2, -0.15) is 0 Å². The van der Waals surface area contributed by atoms with Crippen molar-refractivity contribution < 1.29 is 9.53 Å². The van der Waals surface area contributed by atoms with Crippen molar-refractivity contribution in [3.8, 4) is 0 Å². The Morgan fingerprint density at radius 2 is 2.05 bits per heavy atom. The highest BCUT2D eigenvalue weighted by Crippen LogP contribution is 2.30. The molecule has 0 bridgehead atoms. The van der Waals surface area contributed by atoms with Crippen molar-refractivity contribution in [3.63, 3.8) is 0 Å². The van der Waals surface area contributed by atoms with Crippen molar-refractivity contribution in [2.75, 3.05) is 20.2 Å². The maximum absolute atomic E-state index is 11.6. The van der Waals surface area contributed by atoms with Gasteiger partial charge in [0.2, 0.25) is 0 Å². The van der Waals surface area contributed by atoms with E-state index in [0.717, 1.165) is 19.4 Å². The average molecular weight is 261 g/mol. The molecule has 0 aliphatic carbocycles. The molecule has 1 fully saturated rings. The Morgan fingerprint density at radius 1 is 1.32 bits per heavy atom. The van der Waals surface area contributed by atoms with E-state index in [1.165, 1.54) is 5.56 Å². The minimum absolute atomic E-state index is 0.0717. The molecule has 0 aromatic heterocycles. The molecule has 0 spiro atoms.